The summed E-state index contributed by atoms with van der Waals surface area (Å²) in [6, 6.07) is 0.138. The summed E-state index contributed by atoms with van der Waals surface area (Å²) in [5.74, 6) is 0.947. The van der Waals surface area contributed by atoms with Gasteiger partial charge in [-0.3, -0.25) is 0 Å². The van der Waals surface area contributed by atoms with E-state index in [0.29, 0.717) is 37.2 Å². The number of nitrogens with two attached hydrogens (primary N) is 1. The zero-order chi connectivity index (χ0) is 17.0. The van der Waals surface area contributed by atoms with Crippen molar-refractivity contribution in [3.8, 4) is 0 Å². The van der Waals surface area contributed by atoms with Crippen molar-refractivity contribution in [3.63, 3.8) is 0 Å². The Labute approximate surface area is 137 Å². The van der Waals surface area contributed by atoms with Crippen LogP contribution >= 0.6 is 0 Å². The Morgan fingerprint density at radius 2 is 1.78 bits per heavy atom. The van der Waals surface area contributed by atoms with Crippen LogP contribution in [0.2, 0.25) is 0 Å². The first-order chi connectivity index (χ1) is 10.8. The minimum atomic E-state index is -4.03. The van der Waals surface area contributed by atoms with Crippen LogP contribution in [0.4, 0.5) is 13.2 Å². The minimum absolute atomic E-state index is 0.138. The molecular formula is C18H30F3NO. The normalized spacial score (nSPS) is 35.8. The smallest absolute Gasteiger partial charge is 0.391 e. The van der Waals surface area contributed by atoms with Crippen molar-refractivity contribution in [2.24, 2.45) is 29.4 Å². The van der Waals surface area contributed by atoms with E-state index in [-0.39, 0.29) is 18.9 Å². The lowest BCUT2D eigenvalue weighted by molar-refractivity contribution is -0.185. The molecule has 0 bridgehead atoms. The van der Waals surface area contributed by atoms with E-state index in [1.807, 2.05) is 6.92 Å². The minimum Gasteiger partial charge on any atom is -0.499 e. The second-order valence-electron chi connectivity index (χ2n) is 7.34. The Morgan fingerprint density at radius 3 is 2.35 bits per heavy atom. The molecule has 0 amide bonds. The Bertz CT molecular complexity index is 388. The third-order valence-corrected chi connectivity index (χ3v) is 5.77. The summed E-state index contributed by atoms with van der Waals surface area (Å²) in [5, 5.41) is 0. The number of halogens is 3. The maximum Gasteiger partial charge on any atom is 0.391 e. The SMILES string of the molecule is C=C(C[C@@H]1CC[C@@H](N)[C@H]([C@H]2CC[C@@H](C(F)(F)F)CC2)C1)OCC. The molecule has 0 unspecified atom stereocenters. The topological polar surface area (TPSA) is 35.2 Å². The van der Waals surface area contributed by atoms with Gasteiger partial charge in [-0.05, 0) is 69.6 Å². The quantitative estimate of drug-likeness (QED) is 0.715. The van der Waals surface area contributed by atoms with Crippen molar-refractivity contribution in [1.29, 1.82) is 0 Å². The Kier molecular flexibility index (Phi) is 6.40. The van der Waals surface area contributed by atoms with Crippen LogP contribution in [0.15, 0.2) is 12.3 Å². The lowest BCUT2D eigenvalue weighted by atomic mass is 9.66. The van der Waals surface area contributed by atoms with Gasteiger partial charge in [0.2, 0.25) is 0 Å². The Balaban J connectivity index is 1.87. The summed E-state index contributed by atoms with van der Waals surface area (Å²) in [6.07, 6.45) is 1.75. The highest BCUT2D eigenvalue weighted by Crippen LogP contribution is 2.45. The molecule has 2 aliphatic carbocycles. The van der Waals surface area contributed by atoms with Crippen LogP contribution in [-0.2, 0) is 4.74 Å². The molecule has 0 radical (unpaired) electrons. The summed E-state index contributed by atoms with van der Waals surface area (Å²) >= 11 is 0. The van der Waals surface area contributed by atoms with Gasteiger partial charge in [-0.15, -0.1) is 0 Å². The zero-order valence-electron chi connectivity index (χ0n) is 14.1. The maximum absolute atomic E-state index is 12.8. The van der Waals surface area contributed by atoms with E-state index < -0.39 is 12.1 Å². The number of allylic oxidation sites excluding steroid dienone is 1. The van der Waals surface area contributed by atoms with Gasteiger partial charge in [0.05, 0.1) is 18.3 Å². The van der Waals surface area contributed by atoms with Crippen molar-refractivity contribution >= 4 is 0 Å². The molecule has 0 aliphatic heterocycles. The van der Waals surface area contributed by atoms with Gasteiger partial charge < -0.3 is 10.5 Å². The second kappa shape index (κ2) is 7.91. The van der Waals surface area contributed by atoms with Crippen molar-refractivity contribution in [2.75, 3.05) is 6.61 Å². The van der Waals surface area contributed by atoms with Crippen LogP contribution in [0, 0.1) is 23.7 Å². The van der Waals surface area contributed by atoms with E-state index >= 15 is 0 Å². The van der Waals surface area contributed by atoms with Crippen LogP contribution in [0.3, 0.4) is 0 Å². The van der Waals surface area contributed by atoms with Crippen LogP contribution in [-0.4, -0.2) is 18.8 Å². The van der Waals surface area contributed by atoms with Gasteiger partial charge >= 0.3 is 6.18 Å². The average molecular weight is 333 g/mol. The van der Waals surface area contributed by atoms with Crippen LogP contribution < -0.4 is 5.73 Å². The van der Waals surface area contributed by atoms with E-state index in [4.69, 9.17) is 10.5 Å². The van der Waals surface area contributed by atoms with Gasteiger partial charge in [0.15, 0.2) is 0 Å². The molecule has 2 rings (SSSR count). The van der Waals surface area contributed by atoms with E-state index in [9.17, 15) is 13.2 Å². The molecular weight excluding hydrogens is 303 g/mol. The molecule has 0 spiro atoms. The van der Waals surface area contributed by atoms with Crippen molar-refractivity contribution in [1.82, 2.24) is 0 Å². The largest absolute Gasteiger partial charge is 0.499 e. The second-order valence-corrected chi connectivity index (χ2v) is 7.34. The maximum atomic E-state index is 12.8. The molecule has 2 aliphatic rings. The molecule has 2 nitrogen and oxygen atoms in total. The fourth-order valence-corrected chi connectivity index (χ4v) is 4.51. The van der Waals surface area contributed by atoms with E-state index in [1.54, 1.807) is 0 Å². The first kappa shape index (κ1) is 18.6. The predicted molar refractivity (Wildman–Crippen MR) is 85.7 cm³/mol. The van der Waals surface area contributed by atoms with Crippen LogP contribution in [0.5, 0.6) is 0 Å². The molecule has 2 saturated carbocycles. The summed E-state index contributed by atoms with van der Waals surface area (Å²) in [7, 11) is 0. The van der Waals surface area contributed by atoms with Gasteiger partial charge in [-0.1, -0.05) is 6.58 Å². The van der Waals surface area contributed by atoms with Gasteiger partial charge in [0.25, 0.3) is 0 Å². The predicted octanol–water partition coefficient (Wildman–Crippen LogP) is 5.04. The summed E-state index contributed by atoms with van der Waals surface area (Å²) in [5.41, 5.74) is 6.31. The number of alkyl halides is 3. The molecule has 2 N–H and O–H groups in total. The third-order valence-electron chi connectivity index (χ3n) is 5.77. The highest BCUT2D eigenvalue weighted by atomic mass is 19.4. The first-order valence-electron chi connectivity index (χ1n) is 8.94. The number of hydrogen-bond acceptors (Lipinski definition) is 2. The van der Waals surface area contributed by atoms with E-state index in [1.165, 1.54) is 0 Å². The average Bonchev–Trinajstić information content (AvgIpc) is 2.49. The van der Waals surface area contributed by atoms with Crippen molar-refractivity contribution < 1.29 is 17.9 Å². The molecule has 2 fully saturated rings. The Morgan fingerprint density at radius 1 is 1.13 bits per heavy atom. The molecule has 0 aromatic rings. The lowest BCUT2D eigenvalue weighted by Gasteiger charge is -2.42. The fourth-order valence-electron chi connectivity index (χ4n) is 4.51. The van der Waals surface area contributed by atoms with Gasteiger partial charge in [0, 0.05) is 12.5 Å². The molecule has 0 aromatic heterocycles. The highest BCUT2D eigenvalue weighted by Gasteiger charge is 2.44. The monoisotopic (exact) mass is 333 g/mol. The van der Waals surface area contributed by atoms with Crippen LogP contribution in [0.25, 0.3) is 0 Å². The molecule has 23 heavy (non-hydrogen) atoms. The molecule has 0 heterocycles. The third kappa shape index (κ3) is 5.13. The molecule has 5 heteroatoms. The Hall–Kier alpha value is -0.710. The van der Waals surface area contributed by atoms with E-state index in [2.05, 4.69) is 6.58 Å². The molecule has 134 valence electrons. The van der Waals surface area contributed by atoms with Crippen LogP contribution in [0.1, 0.15) is 58.3 Å². The van der Waals surface area contributed by atoms with Crippen molar-refractivity contribution in [3.05, 3.63) is 12.3 Å². The lowest BCUT2D eigenvalue weighted by Crippen LogP contribution is -2.42. The molecule has 0 aromatic carbocycles. The standard InChI is InChI=1S/C18H30F3NO/c1-3-23-12(2)10-13-4-9-17(22)16(11-13)14-5-7-15(8-6-14)18(19,20)21/h13-17H,2-11,22H2,1H3/t13-,14-,15+,16-,17+/m0/s1. The number of hydrogen-bond donors (Lipinski definition) is 1. The molecule has 3 atom stereocenters. The summed E-state index contributed by atoms with van der Waals surface area (Å²) in [6.45, 7) is 6.54. The fraction of sp³-hybridized carbons (Fsp3) is 0.889. The van der Waals surface area contributed by atoms with Gasteiger partial charge in [-0.2, -0.15) is 13.2 Å². The van der Waals surface area contributed by atoms with Gasteiger partial charge in [0.1, 0.15) is 0 Å². The highest BCUT2D eigenvalue weighted by molar-refractivity contribution is 4.93. The van der Waals surface area contributed by atoms with E-state index in [0.717, 1.165) is 31.4 Å². The first-order valence-corrected chi connectivity index (χ1v) is 8.94. The molecule has 0 saturated heterocycles. The summed E-state index contributed by atoms with van der Waals surface area (Å²) in [4.78, 5) is 0. The number of ether oxygens (including phenoxy) is 1. The zero-order valence-corrected chi connectivity index (χ0v) is 14.1. The number of rotatable bonds is 5. The summed E-state index contributed by atoms with van der Waals surface area (Å²) < 4.78 is 43.9. The van der Waals surface area contributed by atoms with Gasteiger partial charge in [-0.25, -0.2) is 0 Å². The van der Waals surface area contributed by atoms with Crippen molar-refractivity contribution in [2.45, 2.75) is 70.5 Å².